The van der Waals surface area contributed by atoms with E-state index in [4.69, 9.17) is 4.74 Å². The van der Waals surface area contributed by atoms with Crippen molar-refractivity contribution in [3.8, 4) is 0 Å². The smallest absolute Gasteiger partial charge is 0.431 e. The summed E-state index contributed by atoms with van der Waals surface area (Å²) in [4.78, 5) is 25.1. The van der Waals surface area contributed by atoms with Gasteiger partial charge in [-0.2, -0.15) is 13.2 Å². The highest BCUT2D eigenvalue weighted by Crippen LogP contribution is 2.52. The molecule has 1 atom stereocenters. The van der Waals surface area contributed by atoms with Gasteiger partial charge in [0.1, 0.15) is 5.70 Å². The highest BCUT2D eigenvalue weighted by Gasteiger charge is 2.53. The minimum absolute atomic E-state index is 0.0161. The van der Waals surface area contributed by atoms with Crippen molar-refractivity contribution in [1.82, 2.24) is 5.32 Å². The third-order valence-electron chi connectivity index (χ3n) is 4.96. The average molecular weight is 357 g/mol. The minimum Gasteiger partial charge on any atom is -0.463 e. The first-order chi connectivity index (χ1) is 11.5. The molecule has 1 fully saturated rings. The van der Waals surface area contributed by atoms with E-state index in [1.165, 1.54) is 0 Å². The maximum Gasteiger partial charge on any atom is 0.431 e. The number of rotatable bonds is 3. The van der Waals surface area contributed by atoms with Crippen molar-refractivity contribution in [2.75, 3.05) is 6.61 Å². The molecule has 1 heterocycles. The van der Waals surface area contributed by atoms with E-state index >= 15 is 0 Å². The van der Waals surface area contributed by atoms with E-state index in [0.717, 1.165) is 0 Å². The molecule has 2 aliphatic carbocycles. The van der Waals surface area contributed by atoms with E-state index in [-0.39, 0.29) is 24.7 Å². The first-order valence-electron chi connectivity index (χ1n) is 8.57. The zero-order chi connectivity index (χ0) is 18.6. The van der Waals surface area contributed by atoms with Crippen molar-refractivity contribution in [3.05, 3.63) is 22.5 Å². The molecule has 7 heteroatoms. The highest BCUT2D eigenvalue weighted by molar-refractivity contribution is 6.02. The summed E-state index contributed by atoms with van der Waals surface area (Å²) < 4.78 is 45.9. The zero-order valence-electron chi connectivity index (χ0n) is 14.5. The molecule has 1 N–H and O–H groups in total. The second kappa shape index (κ2) is 5.88. The number of dihydropyridines is 1. The van der Waals surface area contributed by atoms with Gasteiger partial charge < -0.3 is 10.1 Å². The lowest BCUT2D eigenvalue weighted by molar-refractivity contribution is -0.141. The van der Waals surface area contributed by atoms with Gasteiger partial charge in [0.2, 0.25) is 0 Å². The quantitative estimate of drug-likeness (QED) is 0.784. The van der Waals surface area contributed by atoms with Gasteiger partial charge in [-0.15, -0.1) is 0 Å². The molecule has 0 bridgehead atoms. The van der Waals surface area contributed by atoms with Gasteiger partial charge in [0.15, 0.2) is 5.78 Å². The van der Waals surface area contributed by atoms with Gasteiger partial charge in [-0.05, 0) is 37.5 Å². The second-order valence-corrected chi connectivity index (χ2v) is 7.78. The van der Waals surface area contributed by atoms with Crippen LogP contribution in [0.3, 0.4) is 0 Å². The van der Waals surface area contributed by atoms with Gasteiger partial charge >= 0.3 is 12.1 Å². The van der Waals surface area contributed by atoms with Crippen LogP contribution >= 0.6 is 0 Å². The first kappa shape index (κ1) is 18.0. The Morgan fingerprint density at radius 1 is 1.28 bits per heavy atom. The fourth-order valence-corrected chi connectivity index (χ4v) is 3.89. The van der Waals surface area contributed by atoms with E-state index in [0.29, 0.717) is 30.5 Å². The number of allylic oxidation sites excluding steroid dienone is 3. The molecule has 0 aromatic rings. The molecule has 25 heavy (non-hydrogen) atoms. The summed E-state index contributed by atoms with van der Waals surface area (Å²) in [6, 6.07) is 0. The topological polar surface area (TPSA) is 55.4 Å². The SMILES string of the molecule is CCOC(=O)C1=C(C(F)(F)F)NC2=C(C(=O)CC(C)(C)C2)C1C1CC1. The Kier molecular flexibility index (Phi) is 4.24. The van der Waals surface area contributed by atoms with E-state index in [1.54, 1.807) is 6.92 Å². The normalized spacial score (nSPS) is 26.3. The predicted molar refractivity (Wildman–Crippen MR) is 84.1 cm³/mol. The van der Waals surface area contributed by atoms with Gasteiger partial charge in [-0.25, -0.2) is 4.79 Å². The van der Waals surface area contributed by atoms with Gasteiger partial charge in [-0.1, -0.05) is 13.8 Å². The number of hydrogen-bond donors (Lipinski definition) is 1. The fraction of sp³-hybridized carbons (Fsp3) is 0.667. The number of halogens is 3. The lowest BCUT2D eigenvalue weighted by Crippen LogP contribution is -2.44. The van der Waals surface area contributed by atoms with Gasteiger partial charge in [-0.3, -0.25) is 4.79 Å². The third kappa shape index (κ3) is 3.33. The molecular weight excluding hydrogens is 335 g/mol. The van der Waals surface area contributed by atoms with Crippen molar-refractivity contribution in [2.45, 2.75) is 52.6 Å². The zero-order valence-corrected chi connectivity index (χ0v) is 14.5. The van der Waals surface area contributed by atoms with Crippen LogP contribution in [0.15, 0.2) is 22.5 Å². The van der Waals surface area contributed by atoms with E-state index in [1.807, 2.05) is 13.8 Å². The Morgan fingerprint density at radius 2 is 1.92 bits per heavy atom. The molecule has 0 radical (unpaired) electrons. The van der Waals surface area contributed by atoms with Crippen LogP contribution in [0.25, 0.3) is 0 Å². The molecule has 1 unspecified atom stereocenters. The molecule has 0 aromatic heterocycles. The van der Waals surface area contributed by atoms with Crippen LogP contribution < -0.4 is 5.32 Å². The maximum absolute atomic E-state index is 13.7. The Hall–Kier alpha value is -1.79. The molecule has 0 spiro atoms. The summed E-state index contributed by atoms with van der Waals surface area (Å²) in [6.07, 6.45) is -2.65. The number of carbonyl (C=O) groups is 2. The van der Waals surface area contributed by atoms with Crippen molar-refractivity contribution in [1.29, 1.82) is 0 Å². The highest BCUT2D eigenvalue weighted by atomic mass is 19.4. The molecule has 0 aromatic carbocycles. The van der Waals surface area contributed by atoms with Crippen molar-refractivity contribution >= 4 is 11.8 Å². The summed E-state index contributed by atoms with van der Waals surface area (Å²) in [5.41, 5.74) is -1.22. The first-order valence-corrected chi connectivity index (χ1v) is 8.57. The number of ether oxygens (including phenoxy) is 1. The minimum atomic E-state index is -4.71. The van der Waals surface area contributed by atoms with Crippen molar-refractivity contribution < 1.29 is 27.5 Å². The lowest BCUT2D eigenvalue weighted by Gasteiger charge is -2.40. The summed E-state index contributed by atoms with van der Waals surface area (Å²) in [5, 5.41) is 2.40. The molecule has 3 aliphatic rings. The van der Waals surface area contributed by atoms with Crippen LogP contribution in [0.4, 0.5) is 13.2 Å². The number of carbonyl (C=O) groups excluding carboxylic acids is 2. The van der Waals surface area contributed by atoms with Crippen LogP contribution in [-0.4, -0.2) is 24.5 Å². The lowest BCUT2D eigenvalue weighted by atomic mass is 9.69. The third-order valence-corrected chi connectivity index (χ3v) is 4.96. The average Bonchev–Trinajstić information content (AvgIpc) is 3.27. The fourth-order valence-electron chi connectivity index (χ4n) is 3.89. The standard InChI is InChI=1S/C18H22F3NO3/c1-4-25-16(24)14-12(9-5-6-9)13-10(22-15(14)18(19,20)21)7-17(2,3)8-11(13)23/h9,12,22H,4-8H2,1-3H3. The maximum atomic E-state index is 13.7. The van der Waals surface area contributed by atoms with Gasteiger partial charge in [0.25, 0.3) is 0 Å². The summed E-state index contributed by atoms with van der Waals surface area (Å²) in [6.45, 7) is 5.26. The summed E-state index contributed by atoms with van der Waals surface area (Å²) >= 11 is 0. The molecule has 1 aliphatic heterocycles. The van der Waals surface area contributed by atoms with Crippen molar-refractivity contribution in [2.24, 2.45) is 17.3 Å². The monoisotopic (exact) mass is 357 g/mol. The number of esters is 1. The molecule has 4 nitrogen and oxygen atoms in total. The number of nitrogens with one attached hydrogen (secondary N) is 1. The van der Waals surface area contributed by atoms with Gasteiger partial charge in [0.05, 0.1) is 12.2 Å². The molecule has 1 saturated carbocycles. The summed E-state index contributed by atoms with van der Waals surface area (Å²) in [7, 11) is 0. The van der Waals surface area contributed by atoms with Crippen LogP contribution in [0.5, 0.6) is 0 Å². The molecular formula is C18H22F3NO3. The van der Waals surface area contributed by atoms with E-state index in [9.17, 15) is 22.8 Å². The van der Waals surface area contributed by atoms with E-state index in [2.05, 4.69) is 5.32 Å². The summed E-state index contributed by atoms with van der Waals surface area (Å²) in [5.74, 6) is -2.06. The molecule has 3 rings (SSSR count). The molecule has 0 amide bonds. The second-order valence-electron chi connectivity index (χ2n) is 7.78. The Bertz CT molecular complexity index is 684. The number of ketones is 1. The Morgan fingerprint density at radius 3 is 2.44 bits per heavy atom. The molecule has 138 valence electrons. The van der Waals surface area contributed by atoms with Gasteiger partial charge in [0, 0.05) is 23.6 Å². The number of hydrogen-bond acceptors (Lipinski definition) is 4. The Balaban J connectivity index is 2.14. The number of Topliss-reactive ketones (excluding diaryl/α,β-unsaturated/α-hetero) is 1. The van der Waals surface area contributed by atoms with Crippen molar-refractivity contribution in [3.63, 3.8) is 0 Å². The van der Waals surface area contributed by atoms with E-state index < -0.39 is 34.7 Å². The van der Waals surface area contributed by atoms with Crippen LogP contribution in [0.2, 0.25) is 0 Å². The predicted octanol–water partition coefficient (Wildman–Crippen LogP) is 3.64. The molecule has 0 saturated heterocycles. The van der Waals surface area contributed by atoms with Crippen LogP contribution in [-0.2, 0) is 14.3 Å². The van der Waals surface area contributed by atoms with Crippen LogP contribution in [0, 0.1) is 17.3 Å². The Labute approximate surface area is 144 Å². The largest absolute Gasteiger partial charge is 0.463 e. The number of alkyl halides is 3. The van der Waals surface area contributed by atoms with Crippen LogP contribution in [0.1, 0.15) is 46.5 Å².